The maximum atomic E-state index is 12.0. The first-order chi connectivity index (χ1) is 9.72. The molecule has 1 unspecified atom stereocenters. The van der Waals surface area contributed by atoms with Crippen LogP contribution >= 0.6 is 0 Å². The van der Waals surface area contributed by atoms with E-state index in [1.165, 1.54) is 0 Å². The molecular weight excluding hydrogens is 252 g/mol. The first-order valence-electron chi connectivity index (χ1n) is 6.80. The molecule has 1 aromatic carbocycles. The molecule has 20 heavy (non-hydrogen) atoms. The minimum absolute atomic E-state index is 0.0220. The highest BCUT2D eigenvalue weighted by Gasteiger charge is 2.14. The van der Waals surface area contributed by atoms with Gasteiger partial charge in [0.1, 0.15) is 0 Å². The van der Waals surface area contributed by atoms with Crippen molar-refractivity contribution in [2.75, 3.05) is 11.9 Å². The molecule has 5 nitrogen and oxygen atoms in total. The number of nitrogens with zero attached hydrogens (tertiary/aromatic N) is 2. The van der Waals surface area contributed by atoms with Crippen molar-refractivity contribution in [3.05, 3.63) is 48.3 Å². The van der Waals surface area contributed by atoms with Crippen molar-refractivity contribution in [1.29, 1.82) is 0 Å². The third-order valence-corrected chi connectivity index (χ3v) is 3.25. The number of carbonyl (C=O) groups excluding carboxylic acids is 1. The molecular formula is C15H20N4O. The Morgan fingerprint density at radius 2 is 2.30 bits per heavy atom. The molecule has 0 radical (unpaired) electrons. The lowest BCUT2D eigenvalue weighted by atomic mass is 10.1. The summed E-state index contributed by atoms with van der Waals surface area (Å²) in [5.41, 5.74) is 7.47. The number of aromatic nitrogens is 2. The molecule has 0 aliphatic heterocycles. The summed E-state index contributed by atoms with van der Waals surface area (Å²) in [4.78, 5) is 12.0. The van der Waals surface area contributed by atoms with E-state index in [0.717, 1.165) is 17.7 Å². The summed E-state index contributed by atoms with van der Waals surface area (Å²) in [6.45, 7) is 3.02. The van der Waals surface area contributed by atoms with Gasteiger partial charge in [0.15, 0.2) is 0 Å². The summed E-state index contributed by atoms with van der Waals surface area (Å²) in [5, 5.41) is 7.08. The number of hydrogen-bond donors (Lipinski definition) is 2. The molecule has 0 saturated carbocycles. The normalized spacial score (nSPS) is 12.1. The summed E-state index contributed by atoms with van der Waals surface area (Å²) in [7, 11) is 0. The summed E-state index contributed by atoms with van der Waals surface area (Å²) >= 11 is 0. The zero-order valence-corrected chi connectivity index (χ0v) is 11.6. The fourth-order valence-electron chi connectivity index (χ4n) is 2.03. The quantitative estimate of drug-likeness (QED) is 0.843. The molecule has 1 heterocycles. The van der Waals surface area contributed by atoms with E-state index in [4.69, 9.17) is 5.73 Å². The smallest absolute Gasteiger partial charge is 0.228 e. The fraction of sp³-hybridized carbons (Fsp3) is 0.333. The van der Waals surface area contributed by atoms with E-state index in [0.29, 0.717) is 13.1 Å². The van der Waals surface area contributed by atoms with Crippen LogP contribution in [0.3, 0.4) is 0 Å². The van der Waals surface area contributed by atoms with E-state index in [2.05, 4.69) is 10.4 Å². The van der Waals surface area contributed by atoms with Gasteiger partial charge in [0.05, 0.1) is 12.5 Å². The van der Waals surface area contributed by atoms with Gasteiger partial charge in [-0.2, -0.15) is 5.10 Å². The number of amides is 1. The van der Waals surface area contributed by atoms with Gasteiger partial charge in [-0.3, -0.25) is 9.48 Å². The fourth-order valence-corrected chi connectivity index (χ4v) is 2.03. The molecule has 5 heteroatoms. The lowest BCUT2D eigenvalue weighted by Gasteiger charge is -2.13. The Hall–Kier alpha value is -2.14. The van der Waals surface area contributed by atoms with Crippen LogP contribution < -0.4 is 11.1 Å². The van der Waals surface area contributed by atoms with Gasteiger partial charge in [-0.25, -0.2) is 0 Å². The molecule has 1 amide bonds. The Labute approximate surface area is 118 Å². The third kappa shape index (κ3) is 3.68. The maximum Gasteiger partial charge on any atom is 0.228 e. The second-order valence-corrected chi connectivity index (χ2v) is 4.73. The zero-order chi connectivity index (χ0) is 14.4. The van der Waals surface area contributed by atoms with Crippen molar-refractivity contribution in [2.24, 2.45) is 11.7 Å². The van der Waals surface area contributed by atoms with Crippen LogP contribution in [0.4, 0.5) is 5.69 Å². The van der Waals surface area contributed by atoms with Gasteiger partial charge in [-0.1, -0.05) is 19.1 Å². The van der Waals surface area contributed by atoms with Gasteiger partial charge in [-0.15, -0.1) is 0 Å². The Morgan fingerprint density at radius 1 is 1.45 bits per heavy atom. The van der Waals surface area contributed by atoms with Crippen LogP contribution in [0.25, 0.3) is 0 Å². The monoisotopic (exact) mass is 272 g/mol. The molecule has 1 atom stereocenters. The molecule has 2 aromatic rings. The molecule has 1 aromatic heterocycles. The summed E-state index contributed by atoms with van der Waals surface area (Å²) in [6, 6.07) is 9.67. The molecule has 3 N–H and O–H groups in total. The standard InChI is InChI=1S/C15H20N4O/c1-2-13(10-16)15(20)18-14-6-3-5-12(9-14)11-19-8-4-7-17-19/h3-9,13H,2,10-11,16H2,1H3,(H,18,20). The Bertz CT molecular complexity index is 547. The van der Waals surface area contributed by atoms with Crippen LogP contribution in [0.5, 0.6) is 0 Å². The average molecular weight is 272 g/mol. The van der Waals surface area contributed by atoms with Crippen LogP contribution in [0.2, 0.25) is 0 Å². The van der Waals surface area contributed by atoms with Crippen molar-refractivity contribution < 1.29 is 4.79 Å². The Balaban J connectivity index is 2.04. The molecule has 0 spiro atoms. The zero-order valence-electron chi connectivity index (χ0n) is 11.6. The second kappa shape index (κ2) is 6.86. The molecule has 0 fully saturated rings. The van der Waals surface area contributed by atoms with Crippen molar-refractivity contribution in [3.8, 4) is 0 Å². The molecule has 106 valence electrons. The van der Waals surface area contributed by atoms with Crippen molar-refractivity contribution in [1.82, 2.24) is 9.78 Å². The van der Waals surface area contributed by atoms with Crippen molar-refractivity contribution >= 4 is 11.6 Å². The predicted molar refractivity (Wildman–Crippen MR) is 79.2 cm³/mol. The van der Waals surface area contributed by atoms with Crippen LogP contribution in [0.1, 0.15) is 18.9 Å². The average Bonchev–Trinajstić information content (AvgIpc) is 2.93. The third-order valence-electron chi connectivity index (χ3n) is 3.25. The number of rotatable bonds is 6. The summed E-state index contributed by atoms with van der Waals surface area (Å²) < 4.78 is 1.84. The number of nitrogens with one attached hydrogen (secondary N) is 1. The summed E-state index contributed by atoms with van der Waals surface area (Å²) in [5.74, 6) is -0.156. The van der Waals surface area contributed by atoms with Crippen LogP contribution in [0.15, 0.2) is 42.7 Å². The minimum Gasteiger partial charge on any atom is -0.330 e. The number of benzene rings is 1. The van der Waals surface area contributed by atoms with Gasteiger partial charge in [0, 0.05) is 24.6 Å². The minimum atomic E-state index is -0.134. The number of carbonyl (C=O) groups is 1. The molecule has 0 aliphatic carbocycles. The number of hydrogen-bond acceptors (Lipinski definition) is 3. The van der Waals surface area contributed by atoms with E-state index in [9.17, 15) is 4.79 Å². The first-order valence-corrected chi connectivity index (χ1v) is 6.80. The predicted octanol–water partition coefficient (Wildman–Crippen LogP) is 1.85. The number of anilines is 1. The highest BCUT2D eigenvalue weighted by atomic mass is 16.1. The van der Waals surface area contributed by atoms with E-state index in [1.54, 1.807) is 6.20 Å². The molecule has 0 aliphatic rings. The lowest BCUT2D eigenvalue weighted by Crippen LogP contribution is -2.28. The van der Waals surface area contributed by atoms with E-state index < -0.39 is 0 Å². The van der Waals surface area contributed by atoms with E-state index in [1.807, 2.05) is 48.1 Å². The second-order valence-electron chi connectivity index (χ2n) is 4.73. The highest BCUT2D eigenvalue weighted by Crippen LogP contribution is 2.13. The van der Waals surface area contributed by atoms with Crippen molar-refractivity contribution in [2.45, 2.75) is 19.9 Å². The molecule has 2 rings (SSSR count). The Kier molecular flexibility index (Phi) is 4.90. The van der Waals surface area contributed by atoms with Crippen LogP contribution in [-0.4, -0.2) is 22.2 Å². The maximum absolute atomic E-state index is 12.0. The van der Waals surface area contributed by atoms with Gasteiger partial charge in [0.25, 0.3) is 0 Å². The SMILES string of the molecule is CCC(CN)C(=O)Nc1cccc(Cn2cccn2)c1. The van der Waals surface area contributed by atoms with E-state index >= 15 is 0 Å². The lowest BCUT2D eigenvalue weighted by molar-refractivity contribution is -0.119. The number of nitrogens with two attached hydrogens (primary N) is 1. The summed E-state index contributed by atoms with van der Waals surface area (Å²) in [6.07, 6.45) is 4.40. The van der Waals surface area contributed by atoms with Gasteiger partial charge in [-0.05, 0) is 30.2 Å². The van der Waals surface area contributed by atoms with Gasteiger partial charge in [0.2, 0.25) is 5.91 Å². The topological polar surface area (TPSA) is 72.9 Å². The van der Waals surface area contributed by atoms with Crippen LogP contribution in [-0.2, 0) is 11.3 Å². The molecule has 0 saturated heterocycles. The van der Waals surface area contributed by atoms with E-state index in [-0.39, 0.29) is 11.8 Å². The van der Waals surface area contributed by atoms with Gasteiger partial charge < -0.3 is 11.1 Å². The first kappa shape index (κ1) is 14.3. The van der Waals surface area contributed by atoms with Crippen molar-refractivity contribution in [3.63, 3.8) is 0 Å². The Morgan fingerprint density at radius 3 is 2.95 bits per heavy atom. The largest absolute Gasteiger partial charge is 0.330 e. The van der Waals surface area contributed by atoms with Gasteiger partial charge >= 0.3 is 0 Å². The van der Waals surface area contributed by atoms with Crippen LogP contribution in [0, 0.1) is 5.92 Å². The highest BCUT2D eigenvalue weighted by molar-refractivity contribution is 5.92. The molecule has 0 bridgehead atoms.